The minimum absolute atomic E-state index is 0.119. The first kappa shape index (κ1) is 16.9. The van der Waals surface area contributed by atoms with E-state index in [0.29, 0.717) is 22.1 Å². The van der Waals surface area contributed by atoms with Crippen molar-refractivity contribution in [2.24, 2.45) is 5.92 Å². The highest BCUT2D eigenvalue weighted by molar-refractivity contribution is 7.99. The number of aromatic nitrogens is 1. The fourth-order valence-electron chi connectivity index (χ4n) is 3.82. The van der Waals surface area contributed by atoms with Crippen LogP contribution in [-0.4, -0.2) is 41.0 Å². The van der Waals surface area contributed by atoms with E-state index in [1.54, 1.807) is 6.20 Å². The molecule has 7 heteroatoms. The number of amides is 1. The van der Waals surface area contributed by atoms with Crippen LogP contribution in [0.4, 0.5) is 0 Å². The largest absolute Gasteiger partial charge is 0.425 e. The lowest BCUT2D eigenvalue weighted by atomic mass is 9.79. The number of halogens is 1. The maximum absolute atomic E-state index is 12.5. The third-order valence-electron chi connectivity index (χ3n) is 5.17. The number of carbonyl (C=O) groups excluding carboxylic acids is 1. The van der Waals surface area contributed by atoms with Crippen LogP contribution < -0.4 is 5.32 Å². The van der Waals surface area contributed by atoms with Crippen molar-refractivity contribution in [2.75, 3.05) is 13.1 Å². The molecule has 0 radical (unpaired) electrons. The second-order valence-electron chi connectivity index (χ2n) is 6.66. The number of hydrogen-bond acceptors (Lipinski definition) is 5. The number of nitrogens with one attached hydrogen (secondary N) is 1. The predicted octanol–water partition coefficient (Wildman–Crippen LogP) is 3.69. The quantitative estimate of drug-likeness (QED) is 0.880. The van der Waals surface area contributed by atoms with Crippen molar-refractivity contribution < 1.29 is 9.21 Å². The highest BCUT2D eigenvalue weighted by Gasteiger charge is 2.40. The zero-order chi connectivity index (χ0) is 17.4. The van der Waals surface area contributed by atoms with Gasteiger partial charge in [0.15, 0.2) is 5.09 Å². The molecule has 5 nitrogen and oxygen atoms in total. The smallest absolute Gasteiger partial charge is 0.307 e. The summed E-state index contributed by atoms with van der Waals surface area (Å²) in [6.07, 6.45) is 3.88. The van der Waals surface area contributed by atoms with Crippen molar-refractivity contribution in [3.8, 4) is 0 Å². The summed E-state index contributed by atoms with van der Waals surface area (Å²) < 4.78 is 5.63. The predicted molar refractivity (Wildman–Crippen MR) is 97.1 cm³/mol. The van der Waals surface area contributed by atoms with Gasteiger partial charge >= 0.3 is 5.91 Å². The minimum atomic E-state index is -0.233. The lowest BCUT2D eigenvalue weighted by molar-refractivity contribution is 0.0209. The SMILES string of the molecule is CC1C(NC(=O)c2ncc(Sc3cccc(Cl)c3)o2)C2CCN1CC2. The van der Waals surface area contributed by atoms with Gasteiger partial charge in [0.05, 0.1) is 6.20 Å². The number of rotatable bonds is 4. The standard InChI is InChI=1S/C18H20ClN3O2S/c1-11-16(12-5-7-22(11)8-6-12)21-17(23)18-20-10-15(24-18)25-14-4-2-3-13(19)9-14/h2-4,9-12,16H,5-8H2,1H3,(H,21,23). The molecule has 0 aliphatic carbocycles. The van der Waals surface area contributed by atoms with Gasteiger partial charge in [-0.25, -0.2) is 4.98 Å². The molecule has 1 aromatic carbocycles. The van der Waals surface area contributed by atoms with Gasteiger partial charge in [0, 0.05) is 22.0 Å². The Bertz CT molecular complexity index is 771. The van der Waals surface area contributed by atoms with Gasteiger partial charge < -0.3 is 9.73 Å². The summed E-state index contributed by atoms with van der Waals surface area (Å²) in [5.74, 6) is 0.441. The van der Waals surface area contributed by atoms with E-state index in [4.69, 9.17) is 16.0 Å². The van der Waals surface area contributed by atoms with Gasteiger partial charge in [-0.15, -0.1) is 0 Å². The first-order valence-electron chi connectivity index (χ1n) is 8.54. The van der Waals surface area contributed by atoms with E-state index < -0.39 is 0 Å². The normalized spacial score (nSPS) is 28.1. The molecule has 4 heterocycles. The van der Waals surface area contributed by atoms with E-state index in [9.17, 15) is 4.79 Å². The van der Waals surface area contributed by atoms with Crippen LogP contribution in [-0.2, 0) is 0 Å². The van der Waals surface area contributed by atoms with Crippen LogP contribution in [0.2, 0.25) is 5.02 Å². The molecule has 5 rings (SSSR count). The van der Waals surface area contributed by atoms with Gasteiger partial charge in [0.25, 0.3) is 5.89 Å². The molecule has 3 saturated heterocycles. The second kappa shape index (κ2) is 7.02. The molecule has 1 amide bonds. The van der Waals surface area contributed by atoms with E-state index in [-0.39, 0.29) is 17.8 Å². The molecule has 1 aromatic heterocycles. The van der Waals surface area contributed by atoms with Gasteiger partial charge in [-0.05, 0) is 57.0 Å². The average molecular weight is 378 g/mol. The molecule has 3 aliphatic rings. The molecule has 3 fully saturated rings. The maximum Gasteiger partial charge on any atom is 0.307 e. The Morgan fingerprint density at radius 3 is 2.92 bits per heavy atom. The Kier molecular flexibility index (Phi) is 4.75. The van der Waals surface area contributed by atoms with Crippen LogP contribution in [0.5, 0.6) is 0 Å². The Hall–Kier alpha value is -1.50. The molecular weight excluding hydrogens is 358 g/mol. The number of benzene rings is 1. The summed E-state index contributed by atoms with van der Waals surface area (Å²) in [6, 6.07) is 8.03. The van der Waals surface area contributed by atoms with Crippen LogP contribution >= 0.6 is 23.4 Å². The Labute approximate surface area is 156 Å². The van der Waals surface area contributed by atoms with Crippen molar-refractivity contribution in [3.05, 3.63) is 41.4 Å². The lowest BCUT2D eigenvalue weighted by Crippen LogP contribution is -2.62. The molecule has 2 bridgehead atoms. The Morgan fingerprint density at radius 1 is 1.40 bits per heavy atom. The van der Waals surface area contributed by atoms with Crippen molar-refractivity contribution >= 4 is 29.3 Å². The molecular formula is C18H20ClN3O2S. The Morgan fingerprint density at radius 2 is 2.20 bits per heavy atom. The molecule has 25 heavy (non-hydrogen) atoms. The Balaban J connectivity index is 1.42. The number of hydrogen-bond donors (Lipinski definition) is 1. The van der Waals surface area contributed by atoms with E-state index >= 15 is 0 Å². The van der Waals surface area contributed by atoms with Gasteiger partial charge in [-0.1, -0.05) is 29.4 Å². The number of fused-ring (bicyclic) bond motifs is 3. The van der Waals surface area contributed by atoms with E-state index in [2.05, 4.69) is 22.1 Å². The summed E-state index contributed by atoms with van der Waals surface area (Å²) in [4.78, 5) is 20.1. The molecule has 132 valence electrons. The highest BCUT2D eigenvalue weighted by Crippen LogP contribution is 2.33. The molecule has 2 aromatic rings. The average Bonchev–Trinajstić information content (AvgIpc) is 3.07. The second-order valence-corrected chi connectivity index (χ2v) is 8.17. The van der Waals surface area contributed by atoms with Crippen LogP contribution in [0.25, 0.3) is 0 Å². The van der Waals surface area contributed by atoms with E-state index in [1.807, 2.05) is 24.3 Å². The third-order valence-corrected chi connectivity index (χ3v) is 6.28. The fourth-order valence-corrected chi connectivity index (χ4v) is 4.86. The molecule has 2 atom stereocenters. The maximum atomic E-state index is 12.5. The number of oxazole rings is 1. The molecule has 1 N–H and O–H groups in total. The fraction of sp³-hybridized carbons (Fsp3) is 0.444. The van der Waals surface area contributed by atoms with Crippen LogP contribution in [0.1, 0.15) is 30.5 Å². The topological polar surface area (TPSA) is 58.4 Å². The minimum Gasteiger partial charge on any atom is -0.425 e. The summed E-state index contributed by atoms with van der Waals surface area (Å²) >= 11 is 7.39. The molecule has 0 spiro atoms. The summed E-state index contributed by atoms with van der Waals surface area (Å²) in [5, 5.41) is 4.38. The van der Waals surface area contributed by atoms with Crippen molar-refractivity contribution in [1.82, 2.24) is 15.2 Å². The molecule has 2 unspecified atom stereocenters. The van der Waals surface area contributed by atoms with Crippen molar-refractivity contribution in [3.63, 3.8) is 0 Å². The van der Waals surface area contributed by atoms with E-state index in [0.717, 1.165) is 30.8 Å². The van der Waals surface area contributed by atoms with Crippen LogP contribution in [0.15, 0.2) is 44.9 Å². The van der Waals surface area contributed by atoms with Gasteiger partial charge in [0.1, 0.15) is 0 Å². The number of piperidine rings is 3. The zero-order valence-corrected chi connectivity index (χ0v) is 15.5. The van der Waals surface area contributed by atoms with Gasteiger partial charge in [0.2, 0.25) is 0 Å². The third kappa shape index (κ3) is 3.57. The lowest BCUT2D eigenvalue weighted by Gasteiger charge is -2.49. The monoisotopic (exact) mass is 377 g/mol. The van der Waals surface area contributed by atoms with Crippen LogP contribution in [0, 0.1) is 5.92 Å². The summed E-state index contributed by atoms with van der Waals surface area (Å²) in [5.41, 5.74) is 0. The van der Waals surface area contributed by atoms with Gasteiger partial charge in [-0.3, -0.25) is 9.69 Å². The van der Waals surface area contributed by atoms with Crippen molar-refractivity contribution in [2.45, 2.75) is 41.8 Å². The van der Waals surface area contributed by atoms with Crippen molar-refractivity contribution in [1.29, 1.82) is 0 Å². The molecule has 0 saturated carbocycles. The summed E-state index contributed by atoms with van der Waals surface area (Å²) in [7, 11) is 0. The zero-order valence-electron chi connectivity index (χ0n) is 13.9. The summed E-state index contributed by atoms with van der Waals surface area (Å²) in [6.45, 7) is 4.46. The number of carbonyl (C=O) groups is 1. The first-order valence-corrected chi connectivity index (χ1v) is 9.74. The molecule has 3 aliphatic heterocycles. The first-order chi connectivity index (χ1) is 12.1. The van der Waals surface area contributed by atoms with Crippen LogP contribution in [0.3, 0.4) is 0 Å². The number of nitrogens with zero attached hydrogens (tertiary/aromatic N) is 2. The van der Waals surface area contributed by atoms with E-state index in [1.165, 1.54) is 11.8 Å². The van der Waals surface area contributed by atoms with Gasteiger partial charge in [-0.2, -0.15) is 0 Å². The highest BCUT2D eigenvalue weighted by atomic mass is 35.5.